The number of hydrogen-bond acceptors (Lipinski definition) is 1. The van der Waals surface area contributed by atoms with Crippen molar-refractivity contribution in [3.63, 3.8) is 0 Å². The van der Waals surface area contributed by atoms with Gasteiger partial charge in [-0.15, -0.1) is 0 Å². The minimum absolute atomic E-state index is 0.116. The van der Waals surface area contributed by atoms with Gasteiger partial charge in [-0.3, -0.25) is 0 Å². The third kappa shape index (κ3) is 2.71. The zero-order chi connectivity index (χ0) is 15.1. The monoisotopic (exact) mass is 282 g/mol. The fourth-order valence-corrected chi connectivity index (χ4v) is 2.05. The molecule has 5 heteroatoms. The molecule has 0 radical (unpaired) electrons. The van der Waals surface area contributed by atoms with E-state index in [1.54, 1.807) is 28.8 Å². The van der Waals surface area contributed by atoms with E-state index in [2.05, 4.69) is 4.98 Å². The molecule has 0 bridgehead atoms. The van der Waals surface area contributed by atoms with E-state index in [1.165, 1.54) is 6.33 Å². The Balaban J connectivity index is 2.70. The van der Waals surface area contributed by atoms with Crippen molar-refractivity contribution in [1.29, 1.82) is 0 Å². The van der Waals surface area contributed by atoms with E-state index in [9.17, 15) is 13.2 Å². The summed E-state index contributed by atoms with van der Waals surface area (Å²) in [6.45, 7) is 7.46. The Bertz CT molecular complexity index is 570. The van der Waals surface area contributed by atoms with Crippen LogP contribution in [0.25, 0.3) is 11.3 Å². The van der Waals surface area contributed by atoms with Gasteiger partial charge >= 0.3 is 6.18 Å². The molecule has 0 saturated heterocycles. The van der Waals surface area contributed by atoms with Gasteiger partial charge in [0.25, 0.3) is 0 Å². The second-order valence-corrected chi connectivity index (χ2v) is 5.85. The highest BCUT2D eigenvalue weighted by atomic mass is 19.4. The molecule has 0 atom stereocenters. The van der Waals surface area contributed by atoms with Gasteiger partial charge in [-0.2, -0.15) is 13.2 Å². The van der Waals surface area contributed by atoms with Crippen LogP contribution in [0.2, 0.25) is 0 Å². The van der Waals surface area contributed by atoms with Gasteiger partial charge < -0.3 is 4.57 Å². The molecule has 0 aliphatic carbocycles. The lowest BCUT2D eigenvalue weighted by molar-refractivity contribution is -0.140. The molecule has 108 valence electrons. The summed E-state index contributed by atoms with van der Waals surface area (Å²) >= 11 is 0. The molecule has 0 fully saturated rings. The summed E-state index contributed by atoms with van der Waals surface area (Å²) in [4.78, 5) is 3.59. The highest BCUT2D eigenvalue weighted by Crippen LogP contribution is 2.38. The molecule has 20 heavy (non-hydrogen) atoms. The van der Waals surface area contributed by atoms with Gasteiger partial charge in [-0.25, -0.2) is 4.98 Å². The smallest absolute Gasteiger partial charge is 0.325 e. The molecule has 2 aromatic rings. The van der Waals surface area contributed by atoms with Gasteiger partial charge in [-0.05, 0) is 27.7 Å². The number of nitrogens with zero attached hydrogens (tertiary/aromatic N) is 2. The fraction of sp³-hybridized carbons (Fsp3) is 0.400. The Kier molecular flexibility index (Phi) is 3.40. The molecule has 1 heterocycles. The minimum atomic E-state index is -4.46. The van der Waals surface area contributed by atoms with E-state index in [0.717, 1.165) is 5.56 Å². The average molecular weight is 282 g/mol. The lowest BCUT2D eigenvalue weighted by Gasteiger charge is -2.24. The van der Waals surface area contributed by atoms with Gasteiger partial charge in [0.05, 0.1) is 12.0 Å². The highest BCUT2D eigenvalue weighted by molar-refractivity contribution is 5.64. The van der Waals surface area contributed by atoms with Crippen molar-refractivity contribution in [3.8, 4) is 11.3 Å². The molecule has 0 spiro atoms. The Morgan fingerprint density at radius 2 is 1.55 bits per heavy atom. The molecule has 0 amide bonds. The number of alkyl halides is 3. The van der Waals surface area contributed by atoms with Crippen molar-refractivity contribution in [1.82, 2.24) is 9.55 Å². The molecule has 1 aromatic carbocycles. The van der Waals surface area contributed by atoms with Gasteiger partial charge in [0.2, 0.25) is 0 Å². The van der Waals surface area contributed by atoms with E-state index in [-0.39, 0.29) is 5.69 Å². The highest BCUT2D eigenvalue weighted by Gasteiger charge is 2.39. The summed E-state index contributed by atoms with van der Waals surface area (Å²) < 4.78 is 41.0. The number of aromatic nitrogens is 2. The van der Waals surface area contributed by atoms with E-state index in [0.29, 0.717) is 5.56 Å². The molecule has 2 rings (SSSR count). The molecule has 0 saturated carbocycles. The quantitative estimate of drug-likeness (QED) is 0.745. The maximum absolute atomic E-state index is 13.1. The molecule has 0 unspecified atom stereocenters. The van der Waals surface area contributed by atoms with Crippen LogP contribution in [-0.2, 0) is 11.7 Å². The third-order valence-corrected chi connectivity index (χ3v) is 3.08. The summed E-state index contributed by atoms with van der Waals surface area (Å²) in [5.74, 6) is 0. The zero-order valence-corrected chi connectivity index (χ0v) is 11.9. The summed E-state index contributed by atoms with van der Waals surface area (Å²) in [5.41, 5.74) is 0.331. The van der Waals surface area contributed by atoms with Crippen LogP contribution in [0.5, 0.6) is 0 Å². The zero-order valence-electron chi connectivity index (χ0n) is 11.9. The van der Waals surface area contributed by atoms with Crippen LogP contribution in [-0.4, -0.2) is 9.55 Å². The Morgan fingerprint density at radius 3 is 2.00 bits per heavy atom. The third-order valence-electron chi connectivity index (χ3n) is 3.08. The van der Waals surface area contributed by atoms with Gasteiger partial charge in [0.15, 0.2) is 5.69 Å². The number of imidazole rings is 1. The summed E-state index contributed by atoms with van der Waals surface area (Å²) in [6.07, 6.45) is -3.20. The Hall–Kier alpha value is -1.78. The normalized spacial score (nSPS) is 12.8. The van der Waals surface area contributed by atoms with Crippen molar-refractivity contribution in [2.75, 3.05) is 0 Å². The molecular formula is C15H17F3N2. The second-order valence-electron chi connectivity index (χ2n) is 5.85. The van der Waals surface area contributed by atoms with Gasteiger partial charge in [0.1, 0.15) is 0 Å². The van der Waals surface area contributed by atoms with E-state index in [4.69, 9.17) is 0 Å². The first-order chi connectivity index (χ1) is 9.10. The number of benzene rings is 1. The first-order valence-corrected chi connectivity index (χ1v) is 6.33. The predicted molar refractivity (Wildman–Crippen MR) is 72.4 cm³/mol. The number of hydrogen-bond donors (Lipinski definition) is 0. The van der Waals surface area contributed by atoms with E-state index >= 15 is 0 Å². The standard InChI is InChI=1S/C15H17F3N2/c1-10-5-7-11(8-6-10)12-13(15(16,17)18)19-9-20(12)14(2,3)4/h5-9H,1-4H3. The molecular weight excluding hydrogens is 265 g/mol. The second kappa shape index (κ2) is 4.65. The number of halogens is 3. The minimum Gasteiger partial charge on any atom is -0.325 e. The van der Waals surface area contributed by atoms with Gasteiger partial charge in [0, 0.05) is 11.1 Å². The van der Waals surface area contributed by atoms with Crippen molar-refractivity contribution in [3.05, 3.63) is 41.9 Å². The lowest BCUT2D eigenvalue weighted by atomic mass is 10.0. The van der Waals surface area contributed by atoms with Crippen LogP contribution < -0.4 is 0 Å². The molecule has 1 aromatic heterocycles. The maximum Gasteiger partial charge on any atom is 0.435 e. The predicted octanol–water partition coefficient (Wildman–Crippen LogP) is 4.63. The molecule has 2 nitrogen and oxygen atoms in total. The van der Waals surface area contributed by atoms with Crippen LogP contribution in [0.15, 0.2) is 30.6 Å². The summed E-state index contributed by atoms with van der Waals surface area (Å²) in [6, 6.07) is 7.00. The van der Waals surface area contributed by atoms with Crippen LogP contribution in [0.4, 0.5) is 13.2 Å². The molecule has 0 N–H and O–H groups in total. The van der Waals surface area contributed by atoms with Crippen molar-refractivity contribution in [2.24, 2.45) is 0 Å². The first-order valence-electron chi connectivity index (χ1n) is 6.33. The Morgan fingerprint density at radius 1 is 1.00 bits per heavy atom. The van der Waals surface area contributed by atoms with Crippen molar-refractivity contribution in [2.45, 2.75) is 39.4 Å². The van der Waals surface area contributed by atoms with Crippen LogP contribution in [0.3, 0.4) is 0 Å². The van der Waals surface area contributed by atoms with Crippen LogP contribution in [0.1, 0.15) is 32.0 Å². The van der Waals surface area contributed by atoms with E-state index < -0.39 is 17.4 Å². The summed E-state index contributed by atoms with van der Waals surface area (Å²) in [5, 5.41) is 0. The van der Waals surface area contributed by atoms with Gasteiger partial charge in [-0.1, -0.05) is 29.8 Å². The maximum atomic E-state index is 13.1. The topological polar surface area (TPSA) is 17.8 Å². The summed E-state index contributed by atoms with van der Waals surface area (Å²) in [7, 11) is 0. The number of aryl methyl sites for hydroxylation is 1. The fourth-order valence-electron chi connectivity index (χ4n) is 2.05. The van der Waals surface area contributed by atoms with E-state index in [1.807, 2.05) is 27.7 Å². The Labute approximate surface area is 116 Å². The van der Waals surface area contributed by atoms with Crippen LogP contribution >= 0.6 is 0 Å². The van der Waals surface area contributed by atoms with Crippen LogP contribution in [0, 0.1) is 6.92 Å². The SMILES string of the molecule is Cc1ccc(-c2c(C(F)(F)F)ncn2C(C)(C)C)cc1. The largest absolute Gasteiger partial charge is 0.435 e. The molecule has 0 aliphatic heterocycles. The number of rotatable bonds is 1. The van der Waals surface area contributed by atoms with Crippen molar-refractivity contribution < 1.29 is 13.2 Å². The average Bonchev–Trinajstić information content (AvgIpc) is 2.73. The lowest BCUT2D eigenvalue weighted by Crippen LogP contribution is -2.22. The van der Waals surface area contributed by atoms with Crippen molar-refractivity contribution >= 4 is 0 Å². The molecule has 0 aliphatic rings. The first kappa shape index (κ1) is 14.6.